The largest absolute Gasteiger partial charge is 0.476 e. The molecule has 4 rings (SSSR count). The Kier molecular flexibility index (Phi) is 7.07. The van der Waals surface area contributed by atoms with E-state index in [4.69, 9.17) is 10.5 Å². The summed E-state index contributed by atoms with van der Waals surface area (Å²) in [5.41, 5.74) is 10.3. The van der Waals surface area contributed by atoms with Crippen LogP contribution >= 0.6 is 12.6 Å². The van der Waals surface area contributed by atoms with Crippen LogP contribution < -0.4 is 15.8 Å². The van der Waals surface area contributed by atoms with Crippen LogP contribution in [0.5, 0.6) is 5.88 Å². The average Bonchev–Trinajstić information content (AvgIpc) is 2.83. The summed E-state index contributed by atoms with van der Waals surface area (Å²) in [4.78, 5) is 4.61. The van der Waals surface area contributed by atoms with Gasteiger partial charge < -0.3 is 15.8 Å². The Labute approximate surface area is 188 Å². The minimum Gasteiger partial charge on any atom is -0.476 e. The molecule has 0 bridgehead atoms. The summed E-state index contributed by atoms with van der Waals surface area (Å²) >= 11 is 4.28. The van der Waals surface area contributed by atoms with Crippen LogP contribution in [-0.4, -0.2) is 29.9 Å². The highest BCUT2D eigenvalue weighted by atomic mass is 32.1. The normalized spacial score (nSPS) is 11.9. The van der Waals surface area contributed by atoms with Crippen molar-refractivity contribution in [3.63, 3.8) is 0 Å². The van der Waals surface area contributed by atoms with Crippen molar-refractivity contribution in [1.82, 2.24) is 4.98 Å². The van der Waals surface area contributed by atoms with Crippen LogP contribution in [0.15, 0.2) is 85.1 Å². The van der Waals surface area contributed by atoms with Gasteiger partial charge in [0.05, 0.1) is 12.3 Å². The molecule has 0 aliphatic carbocycles. The fourth-order valence-corrected chi connectivity index (χ4v) is 3.69. The average molecular weight is 430 g/mol. The van der Waals surface area contributed by atoms with Gasteiger partial charge in [0.25, 0.3) is 0 Å². The predicted molar refractivity (Wildman–Crippen MR) is 133 cm³/mol. The second-order valence-electron chi connectivity index (χ2n) is 7.50. The third-order valence-corrected chi connectivity index (χ3v) is 5.71. The zero-order valence-corrected chi connectivity index (χ0v) is 18.3. The van der Waals surface area contributed by atoms with Crippen LogP contribution in [0.2, 0.25) is 0 Å². The van der Waals surface area contributed by atoms with Crippen LogP contribution in [0, 0.1) is 0 Å². The van der Waals surface area contributed by atoms with Gasteiger partial charge in [-0.3, -0.25) is 0 Å². The summed E-state index contributed by atoms with van der Waals surface area (Å²) < 4.78 is 6.11. The number of hydrogen-bond acceptors (Lipinski definition) is 5. The third-order valence-electron chi connectivity index (χ3n) is 5.24. The minimum atomic E-state index is -0.0488. The molecule has 1 unspecified atom stereocenters. The van der Waals surface area contributed by atoms with Crippen molar-refractivity contribution >= 4 is 29.1 Å². The summed E-state index contributed by atoms with van der Waals surface area (Å²) in [5, 5.41) is 5.90. The van der Waals surface area contributed by atoms with E-state index < -0.39 is 0 Å². The van der Waals surface area contributed by atoms with E-state index in [1.54, 1.807) is 0 Å². The maximum atomic E-state index is 6.11. The van der Waals surface area contributed by atoms with E-state index in [2.05, 4.69) is 83.6 Å². The number of anilines is 1. The van der Waals surface area contributed by atoms with Crippen LogP contribution in [0.3, 0.4) is 0 Å². The first kappa shape index (κ1) is 21.2. The summed E-state index contributed by atoms with van der Waals surface area (Å²) in [6.07, 6.45) is 2.66. The van der Waals surface area contributed by atoms with Gasteiger partial charge in [-0.05, 0) is 28.0 Å². The van der Waals surface area contributed by atoms with Gasteiger partial charge in [0.1, 0.15) is 0 Å². The van der Waals surface area contributed by atoms with Gasteiger partial charge in [-0.25, -0.2) is 4.98 Å². The Morgan fingerprint density at radius 2 is 1.71 bits per heavy atom. The van der Waals surface area contributed by atoms with Crippen LogP contribution in [0.4, 0.5) is 5.69 Å². The van der Waals surface area contributed by atoms with Crippen molar-refractivity contribution in [2.24, 2.45) is 5.73 Å². The van der Waals surface area contributed by atoms with Crippen molar-refractivity contribution in [3.8, 4) is 17.0 Å². The monoisotopic (exact) mass is 429 g/mol. The Morgan fingerprint density at radius 1 is 0.935 bits per heavy atom. The zero-order chi connectivity index (χ0) is 21.5. The highest BCUT2D eigenvalue weighted by Crippen LogP contribution is 2.29. The number of benzene rings is 3. The molecule has 5 heteroatoms. The highest BCUT2D eigenvalue weighted by molar-refractivity contribution is 7.80. The topological polar surface area (TPSA) is 60.2 Å². The van der Waals surface area contributed by atoms with E-state index >= 15 is 0 Å². The number of hydrogen-bond donors (Lipinski definition) is 3. The summed E-state index contributed by atoms with van der Waals surface area (Å²) in [6, 6.07) is 27.0. The molecule has 0 saturated heterocycles. The summed E-state index contributed by atoms with van der Waals surface area (Å²) in [6.45, 7) is 1.14. The molecule has 3 N–H and O–H groups in total. The maximum Gasteiger partial charge on any atom is 0.237 e. The van der Waals surface area contributed by atoms with E-state index in [-0.39, 0.29) is 6.04 Å². The first-order valence-corrected chi connectivity index (χ1v) is 11.1. The van der Waals surface area contributed by atoms with Gasteiger partial charge in [0, 0.05) is 36.5 Å². The van der Waals surface area contributed by atoms with Crippen molar-refractivity contribution in [1.29, 1.82) is 0 Å². The Bertz CT molecular complexity index is 1130. The lowest BCUT2D eigenvalue weighted by Crippen LogP contribution is -2.30. The molecule has 1 aromatic heterocycles. The molecular formula is C26H27N3OS. The molecule has 0 radical (unpaired) electrons. The molecule has 4 aromatic rings. The van der Waals surface area contributed by atoms with Gasteiger partial charge in [-0.15, -0.1) is 0 Å². The molecule has 0 aliphatic rings. The number of fused-ring (bicyclic) bond motifs is 1. The fraction of sp³-hybridized carbons (Fsp3) is 0.192. The van der Waals surface area contributed by atoms with E-state index in [1.165, 1.54) is 16.3 Å². The lowest BCUT2D eigenvalue weighted by atomic mass is 10.0. The van der Waals surface area contributed by atoms with Gasteiger partial charge in [-0.2, -0.15) is 12.6 Å². The van der Waals surface area contributed by atoms with Crippen molar-refractivity contribution in [2.75, 3.05) is 24.2 Å². The number of thiol groups is 1. The molecule has 158 valence electrons. The van der Waals surface area contributed by atoms with Crippen LogP contribution in [0.25, 0.3) is 21.9 Å². The number of ether oxygens (including phenoxy) is 1. The van der Waals surface area contributed by atoms with E-state index in [1.807, 2.05) is 24.4 Å². The molecule has 0 fully saturated rings. The van der Waals surface area contributed by atoms with Gasteiger partial charge >= 0.3 is 0 Å². The first-order valence-electron chi connectivity index (χ1n) is 10.5. The molecular weight excluding hydrogens is 402 g/mol. The molecule has 0 aliphatic heterocycles. The smallest absolute Gasteiger partial charge is 0.237 e. The second-order valence-corrected chi connectivity index (χ2v) is 7.87. The molecule has 1 heterocycles. The number of nitrogens with two attached hydrogens (primary N) is 1. The van der Waals surface area contributed by atoms with Gasteiger partial charge in [0.15, 0.2) is 0 Å². The van der Waals surface area contributed by atoms with E-state index in [9.17, 15) is 0 Å². The third kappa shape index (κ3) is 5.37. The number of nitrogens with one attached hydrogen (secondary N) is 1. The zero-order valence-electron chi connectivity index (χ0n) is 17.4. The van der Waals surface area contributed by atoms with E-state index in [0.717, 1.165) is 23.2 Å². The molecule has 31 heavy (non-hydrogen) atoms. The van der Waals surface area contributed by atoms with Crippen molar-refractivity contribution < 1.29 is 4.74 Å². The Balaban J connectivity index is 1.52. The minimum absolute atomic E-state index is 0.0488. The predicted octanol–water partition coefficient (Wildman–Crippen LogP) is 5.19. The second kappa shape index (κ2) is 10.3. The van der Waals surface area contributed by atoms with E-state index in [0.29, 0.717) is 24.8 Å². The number of rotatable bonds is 9. The number of nitrogens with zero attached hydrogens (tertiary/aromatic N) is 1. The summed E-state index contributed by atoms with van der Waals surface area (Å²) in [7, 11) is 0. The first-order chi connectivity index (χ1) is 15.2. The number of pyridine rings is 1. The standard InChI is InChI=1S/C26H27N3OS/c27-23(18-31)17-28-25-15-22(19-7-2-1-3-8-19)16-29-26(25)30-14-13-21-11-6-10-20-9-4-5-12-24(20)21/h1-12,15-16,23,28,31H,13-14,17-18,27H2. The van der Waals surface area contributed by atoms with Crippen LogP contribution in [0.1, 0.15) is 5.56 Å². The van der Waals surface area contributed by atoms with Crippen molar-refractivity contribution in [3.05, 3.63) is 90.6 Å². The van der Waals surface area contributed by atoms with Gasteiger partial charge in [0.2, 0.25) is 5.88 Å². The maximum absolute atomic E-state index is 6.11. The molecule has 3 aromatic carbocycles. The lowest BCUT2D eigenvalue weighted by molar-refractivity contribution is 0.311. The molecule has 1 atom stereocenters. The molecule has 0 spiro atoms. The van der Waals surface area contributed by atoms with Crippen molar-refractivity contribution in [2.45, 2.75) is 12.5 Å². The summed E-state index contributed by atoms with van der Waals surface area (Å²) in [5.74, 6) is 1.20. The molecule has 0 saturated carbocycles. The quantitative estimate of drug-likeness (QED) is 0.320. The fourth-order valence-electron chi connectivity index (χ4n) is 3.56. The Hall–Kier alpha value is -3.02. The molecule has 4 nitrogen and oxygen atoms in total. The Morgan fingerprint density at radius 3 is 2.55 bits per heavy atom. The number of aromatic nitrogens is 1. The van der Waals surface area contributed by atoms with Crippen LogP contribution in [-0.2, 0) is 6.42 Å². The lowest BCUT2D eigenvalue weighted by Gasteiger charge is -2.16. The highest BCUT2D eigenvalue weighted by Gasteiger charge is 2.11. The SMILES string of the molecule is NC(CS)CNc1cc(-c2ccccc2)cnc1OCCc1cccc2ccccc12. The van der Waals surface area contributed by atoms with Gasteiger partial charge in [-0.1, -0.05) is 72.8 Å². The molecule has 0 amide bonds.